The molecule has 0 aliphatic carbocycles. The number of aromatic nitrogens is 1. The van der Waals surface area contributed by atoms with Gasteiger partial charge in [0.05, 0.1) is 5.75 Å². The van der Waals surface area contributed by atoms with E-state index in [4.69, 9.17) is 4.42 Å². The molecule has 0 spiro atoms. The van der Waals surface area contributed by atoms with E-state index >= 15 is 0 Å². The summed E-state index contributed by atoms with van der Waals surface area (Å²) >= 11 is 0. The molecule has 1 aromatic heterocycles. The molecule has 6 heteroatoms. The van der Waals surface area contributed by atoms with Crippen molar-refractivity contribution in [1.29, 1.82) is 0 Å². The Bertz CT molecular complexity index is 624. The largest absolute Gasteiger partial charge is 0.428 e. The number of para-hydroxylation sites is 2. The van der Waals surface area contributed by atoms with E-state index in [1.807, 2.05) is 6.07 Å². The smallest absolute Gasteiger partial charge is 0.316 e. The number of rotatable bonds is 3. The maximum atomic E-state index is 12.2. The number of hydrogen-bond acceptors (Lipinski definition) is 5. The molecular formula is C12H14N2O3S. The minimum atomic E-state index is -3.42. The summed E-state index contributed by atoms with van der Waals surface area (Å²) in [6, 6.07) is 7.07. The minimum absolute atomic E-state index is 0.104. The standard InChI is InChI=1S/C12H14N2O3S/c15-18(16,8-9-5-6-13-7-9)12-14-10-3-1-2-4-11(10)17-12/h1-4,9,13H,5-8H2. The molecule has 1 aliphatic rings. The van der Waals surface area contributed by atoms with E-state index in [2.05, 4.69) is 10.3 Å². The van der Waals surface area contributed by atoms with E-state index < -0.39 is 9.84 Å². The second-order valence-electron chi connectivity index (χ2n) is 4.59. The summed E-state index contributed by atoms with van der Waals surface area (Å²) in [5.74, 6) is 0.261. The SMILES string of the molecule is O=S(=O)(CC1CCNC1)c1nc2ccccc2o1. The zero-order chi connectivity index (χ0) is 12.6. The van der Waals surface area contributed by atoms with E-state index in [1.165, 1.54) is 0 Å². The van der Waals surface area contributed by atoms with Crippen LogP contribution in [-0.2, 0) is 9.84 Å². The molecule has 1 unspecified atom stereocenters. The topological polar surface area (TPSA) is 72.2 Å². The Morgan fingerprint density at radius 1 is 1.39 bits per heavy atom. The molecule has 0 bridgehead atoms. The fourth-order valence-electron chi connectivity index (χ4n) is 2.22. The lowest BCUT2D eigenvalue weighted by atomic mass is 10.2. The summed E-state index contributed by atoms with van der Waals surface area (Å²) in [7, 11) is -3.42. The Kier molecular flexibility index (Phi) is 2.83. The van der Waals surface area contributed by atoms with Crippen molar-refractivity contribution in [2.24, 2.45) is 5.92 Å². The normalized spacial score (nSPS) is 20.6. The lowest BCUT2D eigenvalue weighted by Crippen LogP contribution is -2.19. The van der Waals surface area contributed by atoms with Gasteiger partial charge < -0.3 is 9.73 Å². The Hall–Kier alpha value is -1.40. The average Bonchev–Trinajstić information content (AvgIpc) is 2.96. The number of fused-ring (bicyclic) bond motifs is 1. The molecule has 1 aromatic carbocycles. The Balaban J connectivity index is 1.92. The van der Waals surface area contributed by atoms with Crippen molar-refractivity contribution in [3.05, 3.63) is 24.3 Å². The van der Waals surface area contributed by atoms with Gasteiger partial charge in [0, 0.05) is 0 Å². The van der Waals surface area contributed by atoms with Gasteiger partial charge in [0.1, 0.15) is 5.52 Å². The molecule has 96 valence electrons. The number of oxazole rings is 1. The number of nitrogens with zero attached hydrogens (tertiary/aromatic N) is 1. The Morgan fingerprint density at radius 3 is 2.94 bits per heavy atom. The lowest BCUT2D eigenvalue weighted by molar-refractivity contribution is 0.453. The van der Waals surface area contributed by atoms with Crippen LogP contribution in [0.4, 0.5) is 0 Å². The van der Waals surface area contributed by atoms with Crippen molar-refractivity contribution >= 4 is 20.9 Å². The highest BCUT2D eigenvalue weighted by atomic mass is 32.2. The van der Waals surface area contributed by atoms with Crippen LogP contribution in [0.3, 0.4) is 0 Å². The first-order chi connectivity index (χ1) is 8.65. The second kappa shape index (κ2) is 4.37. The molecule has 0 amide bonds. The Morgan fingerprint density at radius 2 is 2.22 bits per heavy atom. The monoisotopic (exact) mass is 266 g/mol. The van der Waals surface area contributed by atoms with Crippen LogP contribution in [-0.4, -0.2) is 32.2 Å². The summed E-state index contributed by atoms with van der Waals surface area (Å²) in [6.45, 7) is 1.63. The van der Waals surface area contributed by atoms with Crippen molar-refractivity contribution in [2.75, 3.05) is 18.8 Å². The average molecular weight is 266 g/mol. The van der Waals surface area contributed by atoms with Crippen LogP contribution in [0.5, 0.6) is 0 Å². The van der Waals surface area contributed by atoms with Gasteiger partial charge in [-0.15, -0.1) is 0 Å². The van der Waals surface area contributed by atoms with Gasteiger partial charge in [-0.2, -0.15) is 4.98 Å². The summed E-state index contributed by atoms with van der Waals surface area (Å²) in [6.07, 6.45) is 0.888. The second-order valence-corrected chi connectivity index (χ2v) is 6.50. The maximum Gasteiger partial charge on any atom is 0.316 e. The van der Waals surface area contributed by atoms with E-state index in [0.717, 1.165) is 19.5 Å². The zero-order valence-corrected chi connectivity index (χ0v) is 10.6. The van der Waals surface area contributed by atoms with Crippen molar-refractivity contribution in [3.8, 4) is 0 Å². The van der Waals surface area contributed by atoms with Crippen molar-refractivity contribution in [1.82, 2.24) is 10.3 Å². The van der Waals surface area contributed by atoms with E-state index in [-0.39, 0.29) is 16.9 Å². The lowest BCUT2D eigenvalue weighted by Gasteiger charge is -2.05. The molecule has 1 N–H and O–H groups in total. The van der Waals surface area contributed by atoms with E-state index in [9.17, 15) is 8.42 Å². The summed E-state index contributed by atoms with van der Waals surface area (Å²) in [5, 5.41) is 3.00. The van der Waals surface area contributed by atoms with Crippen LogP contribution >= 0.6 is 0 Å². The predicted octanol–water partition coefficient (Wildman–Crippen LogP) is 1.21. The first kappa shape index (κ1) is 11.7. The van der Waals surface area contributed by atoms with Crippen molar-refractivity contribution in [2.45, 2.75) is 11.6 Å². The molecule has 18 heavy (non-hydrogen) atoms. The third-order valence-corrected chi connectivity index (χ3v) is 4.77. The highest BCUT2D eigenvalue weighted by Gasteiger charge is 2.27. The molecule has 0 radical (unpaired) electrons. The van der Waals surface area contributed by atoms with Crippen molar-refractivity contribution < 1.29 is 12.8 Å². The van der Waals surface area contributed by atoms with Gasteiger partial charge in [-0.25, -0.2) is 8.42 Å². The summed E-state index contributed by atoms with van der Waals surface area (Å²) in [5.41, 5.74) is 1.10. The van der Waals surface area contributed by atoms with Gasteiger partial charge in [0.15, 0.2) is 5.58 Å². The molecule has 3 rings (SSSR count). The molecule has 2 aromatic rings. The predicted molar refractivity (Wildman–Crippen MR) is 67.0 cm³/mol. The van der Waals surface area contributed by atoms with Crippen LogP contribution in [0.2, 0.25) is 0 Å². The molecular weight excluding hydrogens is 252 g/mol. The highest BCUT2D eigenvalue weighted by Crippen LogP contribution is 2.21. The first-order valence-corrected chi connectivity index (χ1v) is 7.59. The highest BCUT2D eigenvalue weighted by molar-refractivity contribution is 7.91. The number of hydrogen-bond donors (Lipinski definition) is 1. The van der Waals surface area contributed by atoms with Gasteiger partial charge in [-0.3, -0.25) is 0 Å². The molecule has 1 fully saturated rings. The first-order valence-electron chi connectivity index (χ1n) is 5.94. The molecule has 5 nitrogen and oxygen atoms in total. The van der Waals surface area contributed by atoms with Gasteiger partial charge in [-0.05, 0) is 37.6 Å². The van der Waals surface area contributed by atoms with Gasteiger partial charge >= 0.3 is 5.22 Å². The Labute approximate surface area is 105 Å². The van der Waals surface area contributed by atoms with Crippen molar-refractivity contribution in [3.63, 3.8) is 0 Å². The molecule has 1 atom stereocenters. The minimum Gasteiger partial charge on any atom is -0.428 e. The quantitative estimate of drug-likeness (QED) is 0.904. The van der Waals surface area contributed by atoms with Crippen LogP contribution in [0, 0.1) is 5.92 Å². The summed E-state index contributed by atoms with van der Waals surface area (Å²) < 4.78 is 29.7. The molecule has 2 heterocycles. The zero-order valence-electron chi connectivity index (χ0n) is 9.80. The fourth-order valence-corrected chi connectivity index (χ4v) is 3.72. The van der Waals surface area contributed by atoms with Crippen LogP contribution in [0.25, 0.3) is 11.1 Å². The maximum absolute atomic E-state index is 12.2. The molecule has 1 aliphatic heterocycles. The number of nitrogens with one attached hydrogen (secondary N) is 1. The van der Waals surface area contributed by atoms with Gasteiger partial charge in [-0.1, -0.05) is 12.1 Å². The fraction of sp³-hybridized carbons (Fsp3) is 0.417. The van der Waals surface area contributed by atoms with E-state index in [0.29, 0.717) is 11.1 Å². The number of benzene rings is 1. The van der Waals surface area contributed by atoms with Gasteiger partial charge in [0.25, 0.3) is 0 Å². The molecule has 1 saturated heterocycles. The summed E-state index contributed by atoms with van der Waals surface area (Å²) in [4.78, 5) is 4.05. The van der Waals surface area contributed by atoms with Crippen LogP contribution in [0.1, 0.15) is 6.42 Å². The number of sulfone groups is 1. The van der Waals surface area contributed by atoms with Gasteiger partial charge in [0.2, 0.25) is 9.84 Å². The third-order valence-electron chi connectivity index (χ3n) is 3.16. The molecule has 0 saturated carbocycles. The third kappa shape index (κ3) is 2.13. The van der Waals surface area contributed by atoms with E-state index in [1.54, 1.807) is 18.2 Å². The van der Waals surface area contributed by atoms with Crippen LogP contribution < -0.4 is 5.32 Å². The van der Waals surface area contributed by atoms with Crippen LogP contribution in [0.15, 0.2) is 33.9 Å².